The Kier molecular flexibility index (Phi) is 4.10. The second-order valence-electron chi connectivity index (χ2n) is 4.24. The molecule has 2 rings (SSSR count). The lowest BCUT2D eigenvalue weighted by Crippen LogP contribution is -2.12. The van der Waals surface area contributed by atoms with Gasteiger partial charge in [0.1, 0.15) is 10.9 Å². The first kappa shape index (κ1) is 14.1. The summed E-state index contributed by atoms with van der Waals surface area (Å²) in [4.78, 5) is 16.1. The standard InChI is InChI=1S/C14H14ClN3O2/c1-8-5-10(7-17-13(8)15)18-14(19)9-3-4-12(20-2)11(16)6-9/h3-7H,16H2,1-2H3,(H,18,19). The molecule has 0 saturated heterocycles. The summed E-state index contributed by atoms with van der Waals surface area (Å²) in [5.41, 5.74) is 7.99. The molecule has 104 valence electrons. The summed E-state index contributed by atoms with van der Waals surface area (Å²) in [6.45, 7) is 1.82. The average molecular weight is 292 g/mol. The number of methoxy groups -OCH3 is 1. The van der Waals surface area contributed by atoms with Crippen molar-refractivity contribution >= 4 is 28.9 Å². The van der Waals surface area contributed by atoms with E-state index >= 15 is 0 Å². The molecule has 0 unspecified atom stereocenters. The Hall–Kier alpha value is -2.27. The van der Waals surface area contributed by atoms with Crippen molar-refractivity contribution in [3.63, 3.8) is 0 Å². The van der Waals surface area contributed by atoms with E-state index < -0.39 is 0 Å². The number of amides is 1. The minimum Gasteiger partial charge on any atom is -0.495 e. The van der Waals surface area contributed by atoms with E-state index in [1.807, 2.05) is 6.92 Å². The number of rotatable bonds is 3. The van der Waals surface area contributed by atoms with Crippen molar-refractivity contribution in [3.8, 4) is 5.75 Å². The van der Waals surface area contributed by atoms with Gasteiger partial charge in [0.2, 0.25) is 0 Å². The number of carbonyl (C=O) groups is 1. The number of nitrogens with zero attached hydrogens (tertiary/aromatic N) is 1. The maximum atomic E-state index is 12.1. The third-order valence-electron chi connectivity index (χ3n) is 2.76. The molecule has 0 aliphatic rings. The molecule has 20 heavy (non-hydrogen) atoms. The fourth-order valence-corrected chi connectivity index (χ4v) is 1.81. The molecular formula is C14H14ClN3O2. The van der Waals surface area contributed by atoms with Crippen molar-refractivity contribution < 1.29 is 9.53 Å². The molecule has 0 bridgehead atoms. The average Bonchev–Trinajstić information content (AvgIpc) is 2.42. The van der Waals surface area contributed by atoms with Crippen LogP contribution < -0.4 is 15.8 Å². The van der Waals surface area contributed by atoms with Gasteiger partial charge in [-0.2, -0.15) is 0 Å². The van der Waals surface area contributed by atoms with E-state index in [2.05, 4.69) is 10.3 Å². The molecule has 2 aromatic rings. The second-order valence-corrected chi connectivity index (χ2v) is 4.60. The minimum absolute atomic E-state index is 0.275. The van der Waals surface area contributed by atoms with Crippen LogP contribution in [0.25, 0.3) is 0 Å². The zero-order chi connectivity index (χ0) is 14.7. The molecule has 6 heteroatoms. The number of benzene rings is 1. The van der Waals surface area contributed by atoms with E-state index in [0.717, 1.165) is 5.56 Å². The van der Waals surface area contributed by atoms with Gasteiger partial charge in [-0.15, -0.1) is 0 Å². The molecule has 1 amide bonds. The number of halogens is 1. The highest BCUT2D eigenvalue weighted by molar-refractivity contribution is 6.30. The van der Waals surface area contributed by atoms with Gasteiger partial charge < -0.3 is 15.8 Å². The lowest BCUT2D eigenvalue weighted by molar-refractivity contribution is 0.102. The fraction of sp³-hybridized carbons (Fsp3) is 0.143. The Morgan fingerprint density at radius 1 is 1.40 bits per heavy atom. The van der Waals surface area contributed by atoms with Crippen LogP contribution >= 0.6 is 11.6 Å². The summed E-state index contributed by atoms with van der Waals surface area (Å²) in [7, 11) is 1.52. The van der Waals surface area contributed by atoms with Crippen LogP contribution in [0, 0.1) is 6.92 Å². The molecule has 0 atom stereocenters. The highest BCUT2D eigenvalue weighted by Gasteiger charge is 2.09. The van der Waals surface area contributed by atoms with E-state index in [1.165, 1.54) is 13.3 Å². The number of aryl methyl sites for hydroxylation is 1. The van der Waals surface area contributed by atoms with E-state index in [0.29, 0.717) is 27.8 Å². The lowest BCUT2D eigenvalue weighted by Gasteiger charge is -2.09. The number of nitrogens with one attached hydrogen (secondary N) is 1. The van der Waals surface area contributed by atoms with Crippen molar-refractivity contribution in [1.82, 2.24) is 4.98 Å². The number of anilines is 2. The molecule has 0 spiro atoms. The molecule has 0 saturated carbocycles. The predicted molar refractivity (Wildman–Crippen MR) is 79.3 cm³/mol. The number of aromatic nitrogens is 1. The maximum absolute atomic E-state index is 12.1. The summed E-state index contributed by atoms with van der Waals surface area (Å²) < 4.78 is 5.05. The van der Waals surface area contributed by atoms with Crippen molar-refractivity contribution in [2.45, 2.75) is 6.92 Å². The van der Waals surface area contributed by atoms with Gasteiger partial charge in [0.25, 0.3) is 5.91 Å². The number of hydrogen-bond acceptors (Lipinski definition) is 4. The van der Waals surface area contributed by atoms with Gasteiger partial charge in [-0.25, -0.2) is 4.98 Å². The van der Waals surface area contributed by atoms with Crippen LogP contribution in [-0.2, 0) is 0 Å². The fourth-order valence-electron chi connectivity index (χ4n) is 1.71. The number of ether oxygens (including phenoxy) is 1. The van der Waals surface area contributed by atoms with Crippen molar-refractivity contribution in [3.05, 3.63) is 46.7 Å². The number of nitrogens with two attached hydrogens (primary N) is 1. The summed E-state index contributed by atoms with van der Waals surface area (Å²) in [5.74, 6) is 0.258. The van der Waals surface area contributed by atoms with Gasteiger partial charge in [-0.05, 0) is 36.8 Å². The second kappa shape index (κ2) is 5.79. The van der Waals surface area contributed by atoms with Crippen molar-refractivity contribution in [2.75, 3.05) is 18.2 Å². The van der Waals surface area contributed by atoms with E-state index in [9.17, 15) is 4.79 Å². The van der Waals surface area contributed by atoms with Gasteiger partial charge in [0.05, 0.1) is 24.7 Å². The van der Waals surface area contributed by atoms with E-state index in [4.69, 9.17) is 22.1 Å². The predicted octanol–water partition coefficient (Wildman–Crippen LogP) is 2.89. The molecule has 0 radical (unpaired) electrons. The highest BCUT2D eigenvalue weighted by Crippen LogP contribution is 2.23. The molecule has 1 aromatic heterocycles. The largest absolute Gasteiger partial charge is 0.495 e. The molecule has 0 aliphatic heterocycles. The summed E-state index contributed by atoms with van der Waals surface area (Å²) >= 11 is 5.83. The van der Waals surface area contributed by atoms with Gasteiger partial charge in [-0.1, -0.05) is 11.6 Å². The lowest BCUT2D eigenvalue weighted by atomic mass is 10.1. The molecule has 5 nitrogen and oxygen atoms in total. The number of nitrogen functional groups attached to an aromatic ring is 1. The SMILES string of the molecule is COc1ccc(C(=O)Nc2cnc(Cl)c(C)c2)cc1N. The van der Waals surface area contributed by atoms with Crippen LogP contribution in [0.4, 0.5) is 11.4 Å². The van der Waals surface area contributed by atoms with Crippen LogP contribution in [0.1, 0.15) is 15.9 Å². The number of hydrogen-bond donors (Lipinski definition) is 2. The quantitative estimate of drug-likeness (QED) is 0.673. The Morgan fingerprint density at radius 2 is 2.15 bits per heavy atom. The minimum atomic E-state index is -0.275. The molecule has 0 aliphatic carbocycles. The smallest absolute Gasteiger partial charge is 0.255 e. The van der Waals surface area contributed by atoms with E-state index in [-0.39, 0.29) is 5.91 Å². The molecule has 1 heterocycles. The van der Waals surface area contributed by atoms with Crippen LogP contribution in [0.15, 0.2) is 30.5 Å². The summed E-state index contributed by atoms with van der Waals surface area (Å²) in [6.07, 6.45) is 1.50. The van der Waals surface area contributed by atoms with Gasteiger partial charge in [-0.3, -0.25) is 4.79 Å². The first-order valence-corrected chi connectivity index (χ1v) is 6.26. The third kappa shape index (κ3) is 3.00. The maximum Gasteiger partial charge on any atom is 0.255 e. The first-order valence-electron chi connectivity index (χ1n) is 5.88. The van der Waals surface area contributed by atoms with Crippen LogP contribution in [0.5, 0.6) is 5.75 Å². The molecular weight excluding hydrogens is 278 g/mol. The molecule has 3 N–H and O–H groups in total. The molecule has 1 aromatic carbocycles. The summed E-state index contributed by atoms with van der Waals surface area (Å²) in [5, 5.41) is 3.15. The third-order valence-corrected chi connectivity index (χ3v) is 3.16. The van der Waals surface area contributed by atoms with Crippen LogP contribution in [0.2, 0.25) is 5.15 Å². The molecule has 0 fully saturated rings. The van der Waals surface area contributed by atoms with Gasteiger partial charge in [0.15, 0.2) is 0 Å². The normalized spacial score (nSPS) is 10.2. The Balaban J connectivity index is 2.19. The number of pyridine rings is 1. The summed E-state index contributed by atoms with van der Waals surface area (Å²) in [6, 6.07) is 6.60. The monoisotopic (exact) mass is 291 g/mol. The van der Waals surface area contributed by atoms with Gasteiger partial charge >= 0.3 is 0 Å². The Morgan fingerprint density at radius 3 is 2.75 bits per heavy atom. The van der Waals surface area contributed by atoms with Crippen LogP contribution in [0.3, 0.4) is 0 Å². The Bertz CT molecular complexity index is 659. The van der Waals surface area contributed by atoms with E-state index in [1.54, 1.807) is 24.3 Å². The van der Waals surface area contributed by atoms with Crippen molar-refractivity contribution in [1.29, 1.82) is 0 Å². The Labute approximate surface area is 121 Å². The van der Waals surface area contributed by atoms with Crippen LogP contribution in [-0.4, -0.2) is 18.0 Å². The van der Waals surface area contributed by atoms with Gasteiger partial charge in [0, 0.05) is 5.56 Å². The zero-order valence-electron chi connectivity index (χ0n) is 11.1. The highest BCUT2D eigenvalue weighted by atomic mass is 35.5. The topological polar surface area (TPSA) is 77.2 Å². The first-order chi connectivity index (χ1) is 9.51. The zero-order valence-corrected chi connectivity index (χ0v) is 11.9. The number of carbonyl (C=O) groups excluding carboxylic acids is 1. The van der Waals surface area contributed by atoms with Crippen molar-refractivity contribution in [2.24, 2.45) is 0 Å².